The summed E-state index contributed by atoms with van der Waals surface area (Å²) in [5.74, 6) is -0.979. The molecule has 0 spiro atoms. The van der Waals surface area contributed by atoms with E-state index < -0.39 is 208 Å². The zero-order valence-electron chi connectivity index (χ0n) is 50.0. The highest BCUT2D eigenvalue weighted by Gasteiger charge is 2.71. The minimum Gasteiger partial charge on any atom is -0.432 e. The second kappa shape index (κ2) is 24.9. The summed E-state index contributed by atoms with van der Waals surface area (Å²) in [6, 6.07) is 0. The predicted molar refractivity (Wildman–Crippen MR) is 289 cm³/mol. The Kier molecular flexibility index (Phi) is 19.4. The molecule has 16 N–H and O–H groups in total. The molecule has 0 aromatic carbocycles. The fourth-order valence-electron chi connectivity index (χ4n) is 17.5. The van der Waals surface area contributed by atoms with Crippen molar-refractivity contribution < 1.29 is 134 Å². The van der Waals surface area contributed by atoms with Crippen molar-refractivity contribution in [3.8, 4) is 0 Å². The van der Waals surface area contributed by atoms with Crippen LogP contribution in [0.15, 0.2) is 11.6 Å². The molecule has 10 aliphatic rings. The van der Waals surface area contributed by atoms with Crippen LogP contribution in [0.3, 0.4) is 0 Å². The van der Waals surface area contributed by atoms with Crippen molar-refractivity contribution in [3.63, 3.8) is 0 Å². The molecule has 86 heavy (non-hydrogen) atoms. The van der Waals surface area contributed by atoms with Crippen molar-refractivity contribution >= 4 is 5.97 Å². The third-order valence-corrected chi connectivity index (χ3v) is 23.3. The molecule has 494 valence electrons. The van der Waals surface area contributed by atoms with Crippen LogP contribution in [-0.4, -0.2) is 274 Å². The van der Waals surface area contributed by atoms with Crippen molar-refractivity contribution in [2.24, 2.45) is 50.2 Å². The second-order valence-electron chi connectivity index (χ2n) is 28.5. The van der Waals surface area contributed by atoms with Gasteiger partial charge in [-0.3, -0.25) is 4.79 Å². The van der Waals surface area contributed by atoms with Gasteiger partial charge in [-0.25, -0.2) is 0 Å². The fraction of sp³-hybridized carbons (Fsp3) is 0.949. The van der Waals surface area contributed by atoms with Crippen LogP contribution in [0, 0.1) is 50.2 Å². The molecular formula is C59H96O27. The first-order valence-electron chi connectivity index (χ1n) is 30.8. The highest BCUT2D eigenvalue weighted by molar-refractivity contribution is 5.79. The number of aliphatic hydroxyl groups is 16. The summed E-state index contributed by atoms with van der Waals surface area (Å²) in [4.78, 5) is 15.2. The van der Waals surface area contributed by atoms with Gasteiger partial charge in [-0.05, 0) is 111 Å². The number of hydrogen-bond donors (Lipinski definition) is 16. The quantitative estimate of drug-likeness (QED) is 0.0454. The number of esters is 1. The van der Waals surface area contributed by atoms with Gasteiger partial charge in [-0.2, -0.15) is 0 Å². The van der Waals surface area contributed by atoms with Gasteiger partial charge in [0.1, 0.15) is 110 Å². The molecule has 9 fully saturated rings. The maximum atomic E-state index is 15.2. The lowest BCUT2D eigenvalue weighted by molar-refractivity contribution is -0.381. The van der Waals surface area contributed by atoms with E-state index >= 15 is 4.79 Å². The first-order valence-corrected chi connectivity index (χ1v) is 30.8. The van der Waals surface area contributed by atoms with Gasteiger partial charge in [0.25, 0.3) is 0 Å². The highest BCUT2D eigenvalue weighted by atomic mass is 16.8. The Labute approximate surface area is 499 Å². The zero-order valence-corrected chi connectivity index (χ0v) is 50.0. The molecule has 4 saturated carbocycles. The summed E-state index contributed by atoms with van der Waals surface area (Å²) in [5.41, 5.74) is -2.17. The molecule has 0 radical (unpaired) electrons. The lowest BCUT2D eigenvalue weighted by Crippen LogP contribution is -2.67. The molecule has 5 aliphatic heterocycles. The Balaban J connectivity index is 0.871. The Morgan fingerprint density at radius 1 is 0.558 bits per heavy atom. The average Bonchev–Trinajstić information content (AvgIpc) is 0.693. The molecule has 0 bridgehead atoms. The van der Waals surface area contributed by atoms with Crippen LogP contribution < -0.4 is 0 Å². The minimum absolute atomic E-state index is 0.0732. The molecule has 5 aliphatic carbocycles. The van der Waals surface area contributed by atoms with Gasteiger partial charge in [0, 0.05) is 5.41 Å². The monoisotopic (exact) mass is 1240 g/mol. The van der Waals surface area contributed by atoms with Crippen LogP contribution >= 0.6 is 0 Å². The van der Waals surface area contributed by atoms with Crippen LogP contribution in [0.4, 0.5) is 0 Å². The van der Waals surface area contributed by atoms with Crippen LogP contribution in [0.25, 0.3) is 0 Å². The standard InChI is InChI=1S/C59H96O27/c1-24-34(63)39(68)44(73)49(79-24)85-47-38(67)30(83-50-45(74)41(70)36(65)28(20-61)81-50)22-78-52(47)84-33-11-12-55(4)31(56(33,5)23-62)10-13-58(7)32(55)9-8-25-26-18-54(2,3)14-16-59(26,17-15-57(25,58)6)53(76)86-51-46(75)42(71)37(66)29(82-51)21-77-48-43(72)40(69)35(64)27(19-60)80-48/h8,24,26-52,60-75H,9-23H2,1-7H3/t24-,26-,27+,28+,29+,30-,31+,32+,33-,34-,35+,36+,37+,38-,39+,40-,41-,42-,43+,44+,45+,46+,47+,48+,49-,50-,51-,52-,55-,56-,57+,58+,59-/m0/s1. The van der Waals surface area contributed by atoms with Gasteiger partial charge in [0.05, 0.1) is 50.7 Å². The zero-order chi connectivity index (χ0) is 62.7. The van der Waals surface area contributed by atoms with Crippen LogP contribution in [0.2, 0.25) is 0 Å². The Hall–Kier alpha value is -1.79. The number of ether oxygens (including phenoxy) is 10. The van der Waals surface area contributed by atoms with Gasteiger partial charge >= 0.3 is 5.97 Å². The summed E-state index contributed by atoms with van der Waals surface area (Å²) in [6.45, 7) is 12.0. The van der Waals surface area contributed by atoms with Crippen molar-refractivity contribution in [3.05, 3.63) is 11.6 Å². The predicted octanol–water partition coefficient (Wildman–Crippen LogP) is -3.57. The maximum absolute atomic E-state index is 15.2. The summed E-state index contributed by atoms with van der Waals surface area (Å²) < 4.78 is 60.0. The number of carbonyl (C=O) groups is 1. The van der Waals surface area contributed by atoms with E-state index in [1.54, 1.807) is 0 Å². The molecule has 10 rings (SSSR count). The highest BCUT2D eigenvalue weighted by Crippen LogP contribution is 2.76. The van der Waals surface area contributed by atoms with E-state index in [1.165, 1.54) is 12.5 Å². The van der Waals surface area contributed by atoms with Crippen LogP contribution in [0.1, 0.15) is 113 Å². The first kappa shape index (κ1) is 67.1. The maximum Gasteiger partial charge on any atom is 0.315 e. The van der Waals surface area contributed by atoms with E-state index in [0.29, 0.717) is 57.8 Å². The molecule has 0 aromatic rings. The molecule has 33 atom stereocenters. The Bertz CT molecular complexity index is 2380. The van der Waals surface area contributed by atoms with Crippen molar-refractivity contribution in [2.75, 3.05) is 33.0 Å². The van der Waals surface area contributed by atoms with Gasteiger partial charge in [0.2, 0.25) is 6.29 Å². The molecule has 27 nitrogen and oxygen atoms in total. The van der Waals surface area contributed by atoms with E-state index in [-0.39, 0.29) is 35.2 Å². The molecule has 5 saturated heterocycles. The molecule has 0 amide bonds. The molecule has 5 heterocycles. The molecular weight excluding hydrogens is 1140 g/mol. The van der Waals surface area contributed by atoms with E-state index in [0.717, 1.165) is 6.42 Å². The number of aliphatic hydroxyl groups excluding tert-OH is 16. The van der Waals surface area contributed by atoms with Gasteiger partial charge < -0.3 is 129 Å². The first-order chi connectivity index (χ1) is 40.4. The summed E-state index contributed by atoms with van der Waals surface area (Å²) >= 11 is 0. The van der Waals surface area contributed by atoms with Gasteiger partial charge in [-0.1, -0.05) is 53.2 Å². The number of rotatable bonds is 14. The Morgan fingerprint density at radius 3 is 1.74 bits per heavy atom. The number of fused-ring (bicyclic) bond motifs is 7. The summed E-state index contributed by atoms with van der Waals surface area (Å²) in [5, 5.41) is 172. The number of hydrogen-bond acceptors (Lipinski definition) is 27. The van der Waals surface area contributed by atoms with Crippen LogP contribution in [-0.2, 0) is 52.2 Å². The second-order valence-corrected chi connectivity index (χ2v) is 28.5. The topological polar surface area (TPSA) is 433 Å². The summed E-state index contributed by atoms with van der Waals surface area (Å²) in [6.07, 6.45) is -31.3. The number of allylic oxidation sites excluding steroid dienone is 2. The third-order valence-electron chi connectivity index (χ3n) is 23.3. The van der Waals surface area contributed by atoms with E-state index in [4.69, 9.17) is 47.4 Å². The van der Waals surface area contributed by atoms with Crippen molar-refractivity contribution in [1.29, 1.82) is 0 Å². The summed E-state index contributed by atoms with van der Waals surface area (Å²) in [7, 11) is 0. The van der Waals surface area contributed by atoms with Gasteiger partial charge in [0.15, 0.2) is 25.2 Å². The number of carbonyl (C=O) groups excluding carboxylic acids is 1. The Morgan fingerprint density at radius 2 is 1.12 bits per heavy atom. The van der Waals surface area contributed by atoms with E-state index in [1.807, 2.05) is 6.92 Å². The third kappa shape index (κ3) is 11.2. The van der Waals surface area contributed by atoms with Gasteiger partial charge in [-0.15, -0.1) is 0 Å². The van der Waals surface area contributed by atoms with Crippen molar-refractivity contribution in [2.45, 2.75) is 266 Å². The smallest absolute Gasteiger partial charge is 0.315 e. The molecule has 27 heteroatoms. The van der Waals surface area contributed by atoms with Crippen molar-refractivity contribution in [1.82, 2.24) is 0 Å². The average molecular weight is 1240 g/mol. The fourth-order valence-corrected chi connectivity index (χ4v) is 17.5. The van der Waals surface area contributed by atoms with E-state index in [2.05, 4.69) is 40.7 Å². The molecule has 0 unspecified atom stereocenters. The lowest BCUT2D eigenvalue weighted by atomic mass is 9.33. The van der Waals surface area contributed by atoms with Crippen LogP contribution in [0.5, 0.6) is 0 Å². The minimum atomic E-state index is -1.87. The SMILES string of the molecule is C[C@@H]1O[C@@H](O[C@H]2[C@H](O[C@H]3CC[C@@]4(C)[C@@H](CC[C@]5(C)[C@@H]4CC=C4[C@@H]6CC(C)(C)CC[C@]6(C(=O)O[C@@H]6O[C@H](CO[C@@H]7O[C@H](CO)[C@@H](O)[C@H](O)[C@H]7O)[C@@H](O)[C@H](O)[C@H]6O)CC[C@]45C)[C@]3(C)CO)OC[C@H](O[C@@H]3O[C@H](CO)[C@@H](O)[C@H](O)[C@H]3O)[C@@H]2O)[C@H](O)[C@H](O)[C@H]1O. The molecule has 0 aromatic heterocycles. The normalized spacial score (nSPS) is 54.8. The van der Waals surface area contributed by atoms with E-state index in [9.17, 15) is 81.7 Å². The lowest BCUT2D eigenvalue weighted by Gasteiger charge is -2.71. The largest absolute Gasteiger partial charge is 0.432 e.